The minimum absolute atomic E-state index is 0.101. The number of aliphatic hydroxyl groups is 1. The smallest absolute Gasteiger partial charge is 0.387 e. The van der Waals surface area contributed by atoms with Crippen LogP contribution in [0.2, 0.25) is 0 Å². The normalized spacial score (nSPS) is 17.8. The number of β-amino-alcohol motifs (C(OH)–C–C–N with tert-alkyl or cyclic N) is 1. The largest absolute Gasteiger partial charge is 0.419 e. The lowest BCUT2D eigenvalue weighted by Crippen LogP contribution is -2.41. The van der Waals surface area contributed by atoms with E-state index in [4.69, 9.17) is 0 Å². The van der Waals surface area contributed by atoms with E-state index < -0.39 is 23.7 Å². The van der Waals surface area contributed by atoms with Crippen LogP contribution in [0.5, 0.6) is 0 Å². The average Bonchev–Trinajstić information content (AvgIpc) is 3.17. The number of imidazole rings is 1. The van der Waals surface area contributed by atoms with Crippen LogP contribution in [0.1, 0.15) is 52.5 Å². The van der Waals surface area contributed by atoms with Gasteiger partial charge in [-0.25, -0.2) is 9.37 Å². The van der Waals surface area contributed by atoms with Gasteiger partial charge in [0, 0.05) is 38.9 Å². The number of aromatic nitrogens is 2. The number of aryl methyl sites for hydroxylation is 1. The molecule has 2 atom stereocenters. The lowest BCUT2D eigenvalue weighted by Gasteiger charge is -2.31. The molecule has 10 heteroatoms. The van der Waals surface area contributed by atoms with Crippen molar-refractivity contribution in [1.82, 2.24) is 19.4 Å². The van der Waals surface area contributed by atoms with Crippen LogP contribution >= 0.6 is 0 Å². The molecule has 1 aliphatic rings. The number of benzene rings is 2. The molecular weight excluding hydrogens is 488 g/mol. The molecule has 1 amide bonds. The minimum atomic E-state index is -4.83. The molecule has 1 N–H and O–H groups in total. The van der Waals surface area contributed by atoms with Gasteiger partial charge in [0.25, 0.3) is 5.91 Å². The van der Waals surface area contributed by atoms with Gasteiger partial charge in [-0.1, -0.05) is 36.4 Å². The Morgan fingerprint density at radius 3 is 2.59 bits per heavy atom. The van der Waals surface area contributed by atoms with Crippen LogP contribution < -0.4 is 0 Å². The van der Waals surface area contributed by atoms with Gasteiger partial charge in [0.1, 0.15) is 11.5 Å². The van der Waals surface area contributed by atoms with Crippen molar-refractivity contribution in [1.29, 1.82) is 0 Å². The molecule has 1 aromatic heterocycles. The number of halogens is 4. The molecule has 0 spiro atoms. The number of likely N-dealkylation sites (tertiary alicyclic amines) is 1. The van der Waals surface area contributed by atoms with Crippen LogP contribution in [-0.2, 0) is 19.8 Å². The van der Waals surface area contributed by atoms with Gasteiger partial charge in [-0.05, 0) is 49.1 Å². The van der Waals surface area contributed by atoms with Crippen LogP contribution in [0.25, 0.3) is 0 Å². The Kier molecular flexibility index (Phi) is 8.29. The van der Waals surface area contributed by atoms with E-state index in [-0.39, 0.29) is 29.8 Å². The van der Waals surface area contributed by atoms with Crippen molar-refractivity contribution in [3.63, 3.8) is 0 Å². The van der Waals surface area contributed by atoms with Crippen molar-refractivity contribution in [2.24, 2.45) is 7.05 Å². The van der Waals surface area contributed by atoms with Crippen molar-refractivity contribution in [2.75, 3.05) is 19.6 Å². The molecule has 37 heavy (non-hydrogen) atoms. The Labute approximate surface area is 213 Å². The second kappa shape index (κ2) is 11.4. The lowest BCUT2D eigenvalue weighted by molar-refractivity contribution is -0.140. The average molecular weight is 519 g/mol. The molecule has 0 radical (unpaired) electrons. The molecule has 1 aliphatic heterocycles. The molecule has 0 bridgehead atoms. The van der Waals surface area contributed by atoms with Crippen molar-refractivity contribution < 1.29 is 27.5 Å². The third-order valence-electron chi connectivity index (χ3n) is 6.72. The van der Waals surface area contributed by atoms with E-state index in [9.17, 15) is 27.5 Å². The van der Waals surface area contributed by atoms with Gasteiger partial charge in [0.15, 0.2) is 0 Å². The zero-order valence-corrected chi connectivity index (χ0v) is 20.5. The van der Waals surface area contributed by atoms with Crippen LogP contribution in [0.4, 0.5) is 17.6 Å². The second-order valence-electron chi connectivity index (χ2n) is 9.48. The first-order valence-electron chi connectivity index (χ1n) is 12.2. The number of nitrogens with zero attached hydrogens (tertiary/aromatic N) is 4. The summed E-state index contributed by atoms with van der Waals surface area (Å²) in [5.74, 6) is -1.73. The summed E-state index contributed by atoms with van der Waals surface area (Å²) in [6.07, 6.45) is -0.458. The van der Waals surface area contributed by atoms with E-state index in [2.05, 4.69) is 9.88 Å². The fourth-order valence-electron chi connectivity index (χ4n) is 4.78. The lowest BCUT2D eigenvalue weighted by atomic mass is 10.0. The predicted octanol–water partition coefficient (Wildman–Crippen LogP) is 4.81. The Bertz CT molecular complexity index is 1200. The number of alkyl halides is 3. The quantitative estimate of drug-likeness (QED) is 0.456. The van der Waals surface area contributed by atoms with Crippen LogP contribution in [0.15, 0.2) is 61.1 Å². The van der Waals surface area contributed by atoms with Gasteiger partial charge in [-0.2, -0.15) is 13.2 Å². The van der Waals surface area contributed by atoms with Crippen LogP contribution in [0, 0.1) is 5.82 Å². The van der Waals surface area contributed by atoms with Gasteiger partial charge in [-0.3, -0.25) is 4.79 Å². The van der Waals surface area contributed by atoms with Crippen molar-refractivity contribution in [2.45, 2.75) is 44.1 Å². The summed E-state index contributed by atoms with van der Waals surface area (Å²) in [6, 6.07) is 12.0. The monoisotopic (exact) mass is 518 g/mol. The number of amides is 1. The summed E-state index contributed by atoms with van der Waals surface area (Å²) in [7, 11) is 1.73. The maximum atomic E-state index is 13.9. The zero-order valence-electron chi connectivity index (χ0n) is 20.5. The van der Waals surface area contributed by atoms with E-state index >= 15 is 0 Å². The Balaban J connectivity index is 1.53. The fraction of sp³-hybridized carbons (Fsp3) is 0.407. The first-order chi connectivity index (χ1) is 17.6. The summed E-state index contributed by atoms with van der Waals surface area (Å²) >= 11 is 0. The molecule has 0 saturated carbocycles. The summed E-state index contributed by atoms with van der Waals surface area (Å²) in [5.41, 5.74) is -0.135. The van der Waals surface area contributed by atoms with E-state index in [0.29, 0.717) is 25.9 Å². The van der Waals surface area contributed by atoms with E-state index in [0.717, 1.165) is 30.7 Å². The van der Waals surface area contributed by atoms with Crippen molar-refractivity contribution >= 4 is 5.91 Å². The Morgan fingerprint density at radius 1 is 1.16 bits per heavy atom. The molecule has 0 aliphatic carbocycles. The highest BCUT2D eigenvalue weighted by molar-refractivity contribution is 5.92. The highest BCUT2D eigenvalue weighted by Gasteiger charge is 2.35. The summed E-state index contributed by atoms with van der Waals surface area (Å²) in [5, 5.41) is 10.6. The molecular formula is C27H30F4N4O2. The van der Waals surface area contributed by atoms with Gasteiger partial charge in [-0.15, -0.1) is 0 Å². The zero-order chi connectivity index (χ0) is 26.6. The number of rotatable bonds is 7. The Morgan fingerprint density at radius 2 is 1.92 bits per heavy atom. The van der Waals surface area contributed by atoms with Gasteiger partial charge >= 0.3 is 6.18 Å². The van der Waals surface area contributed by atoms with Gasteiger partial charge in [0.2, 0.25) is 0 Å². The number of hydrogen-bond acceptors (Lipinski definition) is 4. The van der Waals surface area contributed by atoms with Crippen LogP contribution in [0.3, 0.4) is 0 Å². The summed E-state index contributed by atoms with van der Waals surface area (Å²) < 4.78 is 55.4. The minimum Gasteiger partial charge on any atom is -0.387 e. The van der Waals surface area contributed by atoms with E-state index in [1.807, 2.05) is 30.3 Å². The number of carbonyl (C=O) groups excluding carboxylic acids is 1. The highest BCUT2D eigenvalue weighted by atomic mass is 19.4. The molecule has 6 nitrogen and oxygen atoms in total. The van der Waals surface area contributed by atoms with E-state index in [1.54, 1.807) is 22.7 Å². The fourth-order valence-corrected chi connectivity index (χ4v) is 4.78. The Hall–Kier alpha value is -3.24. The molecule has 4 rings (SSSR count). The first-order valence-corrected chi connectivity index (χ1v) is 12.2. The van der Waals surface area contributed by atoms with Crippen molar-refractivity contribution in [3.8, 4) is 0 Å². The maximum Gasteiger partial charge on any atom is 0.419 e. The predicted molar refractivity (Wildman–Crippen MR) is 130 cm³/mol. The molecule has 3 aromatic rings. The molecule has 198 valence electrons. The van der Waals surface area contributed by atoms with E-state index in [1.165, 1.54) is 12.4 Å². The second-order valence-corrected chi connectivity index (χ2v) is 9.48. The molecule has 2 unspecified atom stereocenters. The molecule has 2 heterocycles. The first kappa shape index (κ1) is 26.8. The SMILES string of the molecule is Cn1cnc(C(=O)N(Cc2ccc(F)c(C(F)(F)F)c2)C2CCCN(CC(O)c3ccccc3)CC2)c1. The standard InChI is InChI=1S/C27H30F4N4O2/c1-33-16-24(32-18-33)26(37)35(15-19-9-10-23(28)22(14-19)27(29,30)31)21-8-5-12-34(13-11-21)17-25(36)20-6-3-2-4-7-20/h2-4,6-7,9-10,14,16,18,21,25,36H,5,8,11-13,15,17H2,1H3. The number of hydrogen-bond donors (Lipinski definition) is 1. The molecule has 2 aromatic carbocycles. The van der Waals surface area contributed by atoms with Gasteiger partial charge < -0.3 is 19.5 Å². The molecule has 1 fully saturated rings. The maximum absolute atomic E-state index is 13.9. The topological polar surface area (TPSA) is 61.6 Å². The summed E-state index contributed by atoms with van der Waals surface area (Å²) in [4.78, 5) is 21.3. The molecule has 1 saturated heterocycles. The third-order valence-corrected chi connectivity index (χ3v) is 6.72. The highest BCUT2D eigenvalue weighted by Crippen LogP contribution is 2.32. The van der Waals surface area contributed by atoms with Crippen molar-refractivity contribution in [3.05, 3.63) is 89.3 Å². The number of carbonyl (C=O) groups is 1. The summed E-state index contributed by atoms with van der Waals surface area (Å²) in [6.45, 7) is 1.67. The number of aliphatic hydroxyl groups excluding tert-OH is 1. The third kappa shape index (κ3) is 6.75. The van der Waals surface area contributed by atoms with Gasteiger partial charge in [0.05, 0.1) is 18.0 Å². The van der Waals surface area contributed by atoms with Crippen LogP contribution in [-0.4, -0.2) is 56.0 Å².